The van der Waals surface area contributed by atoms with Crippen molar-refractivity contribution in [3.8, 4) is 44.5 Å². The normalized spacial score (nSPS) is 11.3. The van der Waals surface area contributed by atoms with Gasteiger partial charge in [0.1, 0.15) is 0 Å². The molecule has 1 aromatic heterocycles. The molecular weight excluding hydrogens is 671 g/mol. The lowest BCUT2D eigenvalue weighted by molar-refractivity contribution is 1.30. The maximum absolute atomic E-state index is 2.46. The second-order valence-corrected chi connectivity index (χ2v) is 14.7. The van der Waals surface area contributed by atoms with Gasteiger partial charge < -0.3 is 4.90 Å². The number of hydrogen-bond acceptors (Lipinski definition) is 2. The minimum absolute atomic E-state index is 1.11. The quantitative estimate of drug-likeness (QED) is 0.160. The summed E-state index contributed by atoms with van der Waals surface area (Å²) in [5, 5.41) is 5.04. The van der Waals surface area contributed by atoms with Crippen molar-refractivity contribution in [2.75, 3.05) is 4.90 Å². The largest absolute Gasteiger partial charge is 0.309 e. The van der Waals surface area contributed by atoms with Crippen molar-refractivity contribution in [1.82, 2.24) is 0 Å². The lowest BCUT2D eigenvalue weighted by Crippen LogP contribution is -2.11. The van der Waals surface area contributed by atoms with E-state index in [1.807, 2.05) is 11.3 Å². The van der Waals surface area contributed by atoms with Crippen LogP contribution in [0.5, 0.6) is 0 Å². The van der Waals surface area contributed by atoms with Crippen LogP contribution in [0.3, 0.4) is 0 Å². The average Bonchev–Trinajstić information content (AvgIpc) is 3.65. The summed E-state index contributed by atoms with van der Waals surface area (Å²) >= 11 is 1.88. The van der Waals surface area contributed by atoms with E-state index in [1.165, 1.54) is 81.1 Å². The van der Waals surface area contributed by atoms with Crippen LogP contribution in [0.2, 0.25) is 0 Å². The summed E-state index contributed by atoms with van der Waals surface area (Å²) in [6.07, 6.45) is 0. The van der Waals surface area contributed by atoms with Gasteiger partial charge in [0.05, 0.1) is 11.4 Å². The number of para-hydroxylation sites is 1. The lowest BCUT2D eigenvalue weighted by atomic mass is 9.94. The standard InChI is InChI=1S/C52H35NS/c1-4-15-37(16-5-1)43-23-12-21-40-29-30-41(35-47(40)43)36-31-33-42(34-32-36)53(48-26-11-10-22-44(48)38-17-6-2-7-18-38)49-27-14-28-50-51(49)46-25-13-24-45(52(46)54-50)39-19-8-3-9-20-39/h1-35H. The van der Waals surface area contributed by atoms with Gasteiger partial charge in [0.25, 0.3) is 0 Å². The Kier molecular flexibility index (Phi) is 8.09. The monoisotopic (exact) mass is 705 g/mol. The molecule has 0 aliphatic rings. The highest BCUT2D eigenvalue weighted by Crippen LogP contribution is 2.49. The molecule has 54 heavy (non-hydrogen) atoms. The molecule has 0 saturated heterocycles. The van der Waals surface area contributed by atoms with Gasteiger partial charge in [-0.25, -0.2) is 0 Å². The predicted octanol–water partition coefficient (Wildman–Crippen LogP) is 15.3. The smallest absolute Gasteiger partial charge is 0.0555 e. The predicted molar refractivity (Wildman–Crippen MR) is 233 cm³/mol. The molecule has 10 rings (SSSR count). The Hall–Kier alpha value is -6.74. The number of benzene rings is 9. The van der Waals surface area contributed by atoms with Crippen LogP contribution >= 0.6 is 11.3 Å². The number of anilines is 3. The van der Waals surface area contributed by atoms with E-state index in [0.717, 1.165) is 11.4 Å². The lowest BCUT2D eigenvalue weighted by Gasteiger charge is -2.29. The van der Waals surface area contributed by atoms with E-state index in [2.05, 4.69) is 217 Å². The van der Waals surface area contributed by atoms with E-state index < -0.39 is 0 Å². The van der Waals surface area contributed by atoms with Crippen LogP contribution in [0.1, 0.15) is 0 Å². The summed E-state index contributed by atoms with van der Waals surface area (Å²) in [4.78, 5) is 2.46. The van der Waals surface area contributed by atoms with Crippen molar-refractivity contribution in [2.24, 2.45) is 0 Å². The van der Waals surface area contributed by atoms with Crippen LogP contribution in [0.15, 0.2) is 212 Å². The van der Waals surface area contributed by atoms with Gasteiger partial charge in [-0.15, -0.1) is 11.3 Å². The van der Waals surface area contributed by atoms with Gasteiger partial charge in [0.2, 0.25) is 0 Å². The first-order valence-corrected chi connectivity index (χ1v) is 19.2. The van der Waals surface area contributed by atoms with Gasteiger partial charge >= 0.3 is 0 Å². The van der Waals surface area contributed by atoms with E-state index in [0.29, 0.717) is 0 Å². The Labute approximate surface area is 319 Å². The maximum atomic E-state index is 2.46. The van der Waals surface area contributed by atoms with Gasteiger partial charge in [-0.05, 0) is 86.1 Å². The summed E-state index contributed by atoms with van der Waals surface area (Å²) in [6.45, 7) is 0. The molecule has 254 valence electrons. The highest BCUT2D eigenvalue weighted by atomic mass is 32.1. The Balaban J connectivity index is 1.15. The molecule has 0 aliphatic carbocycles. The van der Waals surface area contributed by atoms with Crippen molar-refractivity contribution >= 4 is 59.3 Å². The van der Waals surface area contributed by atoms with Crippen molar-refractivity contribution < 1.29 is 0 Å². The fraction of sp³-hybridized carbons (Fsp3) is 0. The third-order valence-corrected chi connectivity index (χ3v) is 11.7. The van der Waals surface area contributed by atoms with E-state index in [-0.39, 0.29) is 0 Å². The Bertz CT molecular complexity index is 2910. The van der Waals surface area contributed by atoms with Crippen LogP contribution in [0, 0.1) is 0 Å². The molecular formula is C52H35NS. The molecule has 0 saturated carbocycles. The number of hydrogen-bond donors (Lipinski definition) is 0. The summed E-state index contributed by atoms with van der Waals surface area (Å²) < 4.78 is 2.58. The second-order valence-electron chi connectivity index (χ2n) is 13.7. The van der Waals surface area contributed by atoms with Crippen molar-refractivity contribution in [2.45, 2.75) is 0 Å². The number of rotatable bonds is 7. The molecule has 0 unspecified atom stereocenters. The first-order chi connectivity index (χ1) is 26.8. The third-order valence-electron chi connectivity index (χ3n) is 10.5. The van der Waals surface area contributed by atoms with E-state index in [1.54, 1.807) is 0 Å². The number of fused-ring (bicyclic) bond motifs is 4. The SMILES string of the molecule is c1ccc(-c2ccccc2N(c2ccc(-c3ccc4cccc(-c5ccccc5)c4c3)cc2)c2cccc3sc4c(-c5ccccc5)cccc4c23)cc1. The molecule has 0 radical (unpaired) electrons. The Morgan fingerprint density at radius 3 is 1.63 bits per heavy atom. The van der Waals surface area contributed by atoms with Gasteiger partial charge in [-0.2, -0.15) is 0 Å². The van der Waals surface area contributed by atoms with Crippen LogP contribution in [0.4, 0.5) is 17.1 Å². The molecule has 2 heteroatoms. The minimum atomic E-state index is 1.11. The van der Waals surface area contributed by atoms with Crippen molar-refractivity contribution in [1.29, 1.82) is 0 Å². The molecule has 0 amide bonds. The Morgan fingerprint density at radius 2 is 0.889 bits per heavy atom. The average molecular weight is 706 g/mol. The molecule has 0 atom stereocenters. The van der Waals surface area contributed by atoms with Crippen molar-refractivity contribution in [3.05, 3.63) is 212 Å². The fourth-order valence-corrected chi connectivity index (χ4v) is 9.18. The second kappa shape index (κ2) is 13.7. The molecule has 1 heterocycles. The molecule has 0 spiro atoms. The van der Waals surface area contributed by atoms with Gasteiger partial charge in [-0.1, -0.05) is 176 Å². The third kappa shape index (κ3) is 5.65. The van der Waals surface area contributed by atoms with Gasteiger partial charge in [0.15, 0.2) is 0 Å². The first-order valence-electron chi connectivity index (χ1n) is 18.4. The molecule has 0 aliphatic heterocycles. The highest BCUT2D eigenvalue weighted by molar-refractivity contribution is 7.26. The molecule has 9 aromatic carbocycles. The zero-order valence-corrected chi connectivity index (χ0v) is 30.4. The maximum Gasteiger partial charge on any atom is 0.0555 e. The highest BCUT2D eigenvalue weighted by Gasteiger charge is 2.22. The molecule has 10 aromatic rings. The van der Waals surface area contributed by atoms with Crippen LogP contribution < -0.4 is 4.90 Å². The zero-order chi connectivity index (χ0) is 35.8. The summed E-state index contributed by atoms with van der Waals surface area (Å²) in [6, 6.07) is 77.0. The fourth-order valence-electron chi connectivity index (χ4n) is 7.92. The van der Waals surface area contributed by atoms with Gasteiger partial charge in [0, 0.05) is 31.4 Å². The molecule has 1 nitrogen and oxygen atoms in total. The topological polar surface area (TPSA) is 3.24 Å². The zero-order valence-electron chi connectivity index (χ0n) is 29.6. The first kappa shape index (κ1) is 32.0. The molecule has 0 bridgehead atoms. The van der Waals surface area contributed by atoms with Crippen molar-refractivity contribution in [3.63, 3.8) is 0 Å². The summed E-state index contributed by atoms with van der Waals surface area (Å²) in [5.41, 5.74) is 13.2. The van der Waals surface area contributed by atoms with E-state index >= 15 is 0 Å². The summed E-state index contributed by atoms with van der Waals surface area (Å²) in [5.74, 6) is 0. The number of nitrogens with zero attached hydrogens (tertiary/aromatic N) is 1. The Morgan fingerprint density at radius 1 is 0.333 bits per heavy atom. The minimum Gasteiger partial charge on any atom is -0.309 e. The molecule has 0 fully saturated rings. The van der Waals surface area contributed by atoms with E-state index in [4.69, 9.17) is 0 Å². The van der Waals surface area contributed by atoms with Gasteiger partial charge in [-0.3, -0.25) is 0 Å². The molecule has 0 N–H and O–H groups in total. The van der Waals surface area contributed by atoms with E-state index in [9.17, 15) is 0 Å². The van der Waals surface area contributed by atoms with Crippen LogP contribution in [0.25, 0.3) is 75.5 Å². The van der Waals surface area contributed by atoms with Crippen LogP contribution in [-0.2, 0) is 0 Å². The summed E-state index contributed by atoms with van der Waals surface area (Å²) in [7, 11) is 0. The number of thiophene rings is 1. The van der Waals surface area contributed by atoms with Crippen LogP contribution in [-0.4, -0.2) is 0 Å².